The van der Waals surface area contributed by atoms with E-state index in [0.717, 1.165) is 11.3 Å². The van der Waals surface area contributed by atoms with Crippen LogP contribution in [0.15, 0.2) is 48.8 Å². The second-order valence-electron chi connectivity index (χ2n) is 6.71. The van der Waals surface area contributed by atoms with Crippen molar-refractivity contribution in [2.24, 2.45) is 0 Å². The molecule has 3 rings (SSSR count). The Bertz CT molecular complexity index is 884. The van der Waals surface area contributed by atoms with Crippen LogP contribution in [-0.4, -0.2) is 43.9 Å². The van der Waals surface area contributed by atoms with Crippen molar-refractivity contribution in [3.8, 4) is 0 Å². The van der Waals surface area contributed by atoms with Gasteiger partial charge in [0.25, 0.3) is 5.91 Å². The van der Waals surface area contributed by atoms with E-state index in [9.17, 15) is 13.2 Å². The van der Waals surface area contributed by atoms with Crippen LogP contribution in [0.2, 0.25) is 0 Å². The molecule has 1 amide bonds. The van der Waals surface area contributed by atoms with E-state index in [0.29, 0.717) is 12.0 Å². The summed E-state index contributed by atoms with van der Waals surface area (Å²) in [7, 11) is -1.12. The average Bonchev–Trinajstić information content (AvgIpc) is 3.01. The second-order valence-corrected chi connectivity index (χ2v) is 8.93. The highest BCUT2D eigenvalue weighted by Crippen LogP contribution is 2.23. The summed E-state index contributed by atoms with van der Waals surface area (Å²) >= 11 is 0. The van der Waals surface area contributed by atoms with Crippen LogP contribution < -0.4 is 10.2 Å². The molecule has 1 aliphatic heterocycles. The van der Waals surface area contributed by atoms with Gasteiger partial charge in [-0.25, -0.2) is 8.42 Å². The van der Waals surface area contributed by atoms with E-state index < -0.39 is 9.84 Å². The molecule has 2 aromatic rings. The minimum Gasteiger partial charge on any atom is -0.369 e. The number of anilines is 1. The number of benzene rings is 1. The van der Waals surface area contributed by atoms with E-state index in [1.165, 1.54) is 6.20 Å². The number of pyridine rings is 1. The summed E-state index contributed by atoms with van der Waals surface area (Å²) in [5, 5.41) is 2.97. The standard InChI is InChI=1S/C19H23N3O3S/c1-14(15-6-4-3-5-7-15)21-19(23)16-10-18(12-20-11-16)22(2)17-8-9-26(24,25)13-17/h3-7,10-12,14,17H,8-9,13H2,1-2H3,(H,21,23). The van der Waals surface area contributed by atoms with Crippen LogP contribution in [0, 0.1) is 0 Å². The molecule has 0 saturated carbocycles. The molecule has 2 heterocycles. The van der Waals surface area contributed by atoms with Gasteiger partial charge in [0.05, 0.1) is 35.0 Å². The molecule has 26 heavy (non-hydrogen) atoms. The number of sulfone groups is 1. The van der Waals surface area contributed by atoms with Crippen LogP contribution >= 0.6 is 0 Å². The number of amides is 1. The zero-order valence-corrected chi connectivity index (χ0v) is 15.7. The number of carbonyl (C=O) groups is 1. The molecule has 1 aromatic carbocycles. The Morgan fingerprint density at radius 3 is 2.65 bits per heavy atom. The van der Waals surface area contributed by atoms with Crippen molar-refractivity contribution in [1.29, 1.82) is 0 Å². The highest BCUT2D eigenvalue weighted by atomic mass is 32.2. The molecule has 0 bridgehead atoms. The number of nitrogens with one attached hydrogen (secondary N) is 1. The number of hydrogen-bond acceptors (Lipinski definition) is 5. The predicted octanol–water partition coefficient (Wildman–Crippen LogP) is 2.20. The maximum absolute atomic E-state index is 12.6. The molecule has 0 radical (unpaired) electrons. The summed E-state index contributed by atoms with van der Waals surface area (Å²) in [6.07, 6.45) is 3.78. The number of rotatable bonds is 5. The van der Waals surface area contributed by atoms with E-state index in [2.05, 4.69) is 10.3 Å². The van der Waals surface area contributed by atoms with E-state index >= 15 is 0 Å². The number of aromatic nitrogens is 1. The molecule has 0 aliphatic carbocycles. The maximum atomic E-state index is 12.6. The van der Waals surface area contributed by atoms with Crippen molar-refractivity contribution in [1.82, 2.24) is 10.3 Å². The first-order valence-electron chi connectivity index (χ1n) is 8.60. The Kier molecular flexibility index (Phi) is 5.27. The lowest BCUT2D eigenvalue weighted by molar-refractivity contribution is 0.0939. The normalized spacial score (nSPS) is 19.7. The second kappa shape index (κ2) is 7.45. The summed E-state index contributed by atoms with van der Waals surface area (Å²) < 4.78 is 23.4. The third kappa shape index (κ3) is 4.22. The predicted molar refractivity (Wildman–Crippen MR) is 102 cm³/mol. The first-order valence-corrected chi connectivity index (χ1v) is 10.4. The van der Waals surface area contributed by atoms with Crippen LogP contribution in [-0.2, 0) is 9.84 Å². The van der Waals surface area contributed by atoms with Gasteiger partial charge in [-0.15, -0.1) is 0 Å². The summed E-state index contributed by atoms with van der Waals surface area (Å²) in [5.41, 5.74) is 2.23. The summed E-state index contributed by atoms with van der Waals surface area (Å²) in [4.78, 5) is 18.6. The zero-order chi connectivity index (χ0) is 18.7. The topological polar surface area (TPSA) is 79.4 Å². The highest BCUT2D eigenvalue weighted by Gasteiger charge is 2.31. The van der Waals surface area contributed by atoms with Gasteiger partial charge in [-0.2, -0.15) is 0 Å². The minimum absolute atomic E-state index is 0.0802. The van der Waals surface area contributed by atoms with Crippen molar-refractivity contribution >= 4 is 21.4 Å². The Balaban J connectivity index is 1.71. The SMILES string of the molecule is CC(NC(=O)c1cncc(N(C)C2CCS(=O)(=O)C2)c1)c1ccccc1. The van der Waals surface area contributed by atoms with Gasteiger partial charge in [0, 0.05) is 19.3 Å². The molecule has 1 saturated heterocycles. The molecule has 1 fully saturated rings. The number of nitrogens with zero attached hydrogens (tertiary/aromatic N) is 2. The lowest BCUT2D eigenvalue weighted by atomic mass is 10.1. The van der Waals surface area contributed by atoms with Crippen LogP contribution in [0.4, 0.5) is 5.69 Å². The van der Waals surface area contributed by atoms with Gasteiger partial charge in [0.1, 0.15) is 0 Å². The number of carbonyl (C=O) groups excluding carboxylic acids is 1. The molecular weight excluding hydrogens is 350 g/mol. The lowest BCUT2D eigenvalue weighted by Crippen LogP contribution is -2.33. The smallest absolute Gasteiger partial charge is 0.253 e. The van der Waals surface area contributed by atoms with Gasteiger partial charge in [-0.1, -0.05) is 30.3 Å². The third-order valence-electron chi connectivity index (χ3n) is 4.80. The monoisotopic (exact) mass is 373 g/mol. The van der Waals surface area contributed by atoms with E-state index in [4.69, 9.17) is 0 Å². The van der Waals surface area contributed by atoms with Crippen molar-refractivity contribution in [2.45, 2.75) is 25.4 Å². The van der Waals surface area contributed by atoms with Gasteiger partial charge < -0.3 is 10.2 Å². The summed E-state index contributed by atoms with van der Waals surface area (Å²) in [6.45, 7) is 1.93. The molecule has 2 atom stereocenters. The first-order chi connectivity index (χ1) is 12.4. The first kappa shape index (κ1) is 18.4. The Labute approximate surface area is 154 Å². The van der Waals surface area contributed by atoms with E-state index in [-0.39, 0.29) is 29.5 Å². The van der Waals surface area contributed by atoms with Gasteiger partial charge in [-0.05, 0) is 25.0 Å². The van der Waals surface area contributed by atoms with Gasteiger partial charge in [0.15, 0.2) is 9.84 Å². The molecule has 2 unspecified atom stereocenters. The summed E-state index contributed by atoms with van der Waals surface area (Å²) in [6, 6.07) is 11.3. The molecule has 138 valence electrons. The summed E-state index contributed by atoms with van der Waals surface area (Å²) in [5.74, 6) is 0.151. The van der Waals surface area contributed by atoms with Crippen LogP contribution in [0.3, 0.4) is 0 Å². The van der Waals surface area contributed by atoms with Crippen molar-refractivity contribution < 1.29 is 13.2 Å². The highest BCUT2D eigenvalue weighted by molar-refractivity contribution is 7.91. The van der Waals surface area contributed by atoms with E-state index in [1.807, 2.05) is 49.2 Å². The largest absolute Gasteiger partial charge is 0.369 e. The minimum atomic E-state index is -2.96. The molecule has 1 N–H and O–H groups in total. The molecular formula is C19H23N3O3S. The average molecular weight is 373 g/mol. The van der Waals surface area contributed by atoms with Gasteiger partial charge in [0.2, 0.25) is 0 Å². The van der Waals surface area contributed by atoms with Gasteiger partial charge in [-0.3, -0.25) is 9.78 Å². The van der Waals surface area contributed by atoms with Gasteiger partial charge >= 0.3 is 0 Å². The fourth-order valence-electron chi connectivity index (χ4n) is 3.14. The molecule has 6 nitrogen and oxygen atoms in total. The van der Waals surface area contributed by atoms with Crippen molar-refractivity contribution in [3.63, 3.8) is 0 Å². The fraction of sp³-hybridized carbons (Fsp3) is 0.368. The molecule has 1 aliphatic rings. The van der Waals surface area contributed by atoms with Crippen LogP contribution in [0.25, 0.3) is 0 Å². The molecule has 1 aromatic heterocycles. The fourth-order valence-corrected chi connectivity index (χ4v) is 4.92. The third-order valence-corrected chi connectivity index (χ3v) is 6.55. The van der Waals surface area contributed by atoms with Crippen LogP contribution in [0.1, 0.15) is 35.3 Å². The number of hydrogen-bond donors (Lipinski definition) is 1. The molecule has 7 heteroatoms. The Morgan fingerprint density at radius 2 is 2.00 bits per heavy atom. The van der Waals surface area contributed by atoms with Crippen molar-refractivity contribution in [2.75, 3.05) is 23.5 Å². The molecule has 0 spiro atoms. The Morgan fingerprint density at radius 1 is 1.27 bits per heavy atom. The lowest BCUT2D eigenvalue weighted by Gasteiger charge is -2.25. The maximum Gasteiger partial charge on any atom is 0.253 e. The van der Waals surface area contributed by atoms with E-state index in [1.54, 1.807) is 12.3 Å². The van der Waals surface area contributed by atoms with Crippen molar-refractivity contribution in [3.05, 3.63) is 59.9 Å². The Hall–Kier alpha value is -2.41. The van der Waals surface area contributed by atoms with Crippen LogP contribution in [0.5, 0.6) is 0 Å². The zero-order valence-electron chi connectivity index (χ0n) is 14.9. The quantitative estimate of drug-likeness (QED) is 0.869.